The van der Waals surface area contributed by atoms with Crippen molar-refractivity contribution in [2.75, 3.05) is 31.6 Å². The summed E-state index contributed by atoms with van der Waals surface area (Å²) in [6.07, 6.45) is 0.915. The summed E-state index contributed by atoms with van der Waals surface area (Å²) < 4.78 is 10.2. The van der Waals surface area contributed by atoms with Crippen molar-refractivity contribution < 1.29 is 14.1 Å². The van der Waals surface area contributed by atoms with Crippen molar-refractivity contribution in [2.45, 2.75) is 26.5 Å². The molecule has 0 unspecified atom stereocenters. The summed E-state index contributed by atoms with van der Waals surface area (Å²) in [6, 6.07) is 8.07. The molecule has 7 heteroatoms. The number of carbonyl (C=O) groups excluding carboxylic acids is 1. The molecule has 0 spiro atoms. The maximum Gasteiger partial charge on any atom is 0.241 e. The first-order chi connectivity index (χ1) is 11.7. The second kappa shape index (κ2) is 7.55. The number of amides is 1. The Bertz CT molecular complexity index is 701. The van der Waals surface area contributed by atoms with Crippen LogP contribution in [0.25, 0.3) is 0 Å². The van der Waals surface area contributed by atoms with Crippen LogP contribution in [-0.2, 0) is 29.1 Å². The number of likely N-dealkylation sites (N-methyl/N-ethyl adjacent to an activating group) is 1. The highest BCUT2D eigenvalue weighted by molar-refractivity contribution is 5.96. The zero-order valence-corrected chi connectivity index (χ0v) is 14.1. The Morgan fingerprint density at radius 1 is 1.42 bits per heavy atom. The predicted molar refractivity (Wildman–Crippen MR) is 88.5 cm³/mol. The molecule has 0 N–H and O–H groups in total. The first kappa shape index (κ1) is 16.6. The third-order valence-electron chi connectivity index (χ3n) is 4.14. The molecule has 0 bridgehead atoms. The molecule has 0 fully saturated rings. The maximum atomic E-state index is 12.7. The summed E-state index contributed by atoms with van der Waals surface area (Å²) in [5, 5.41) is 3.85. The fourth-order valence-electron chi connectivity index (χ4n) is 2.89. The molecule has 2 heterocycles. The number of hydrogen-bond donors (Lipinski definition) is 0. The SMILES string of the molecule is CCN(CC(=O)N1CCc2ccccc21)Cc1nc(COC)no1. The lowest BCUT2D eigenvalue weighted by Crippen LogP contribution is -2.39. The van der Waals surface area contributed by atoms with Gasteiger partial charge in [0.05, 0.1) is 13.1 Å². The van der Waals surface area contributed by atoms with Gasteiger partial charge in [-0.15, -0.1) is 0 Å². The number of nitrogens with zero attached hydrogens (tertiary/aromatic N) is 4. The quantitative estimate of drug-likeness (QED) is 0.768. The van der Waals surface area contributed by atoms with Crippen LogP contribution in [0.2, 0.25) is 0 Å². The van der Waals surface area contributed by atoms with E-state index in [1.807, 2.05) is 34.9 Å². The Labute approximate surface area is 141 Å². The van der Waals surface area contributed by atoms with E-state index in [0.717, 1.165) is 25.2 Å². The Morgan fingerprint density at radius 2 is 2.25 bits per heavy atom. The van der Waals surface area contributed by atoms with Crippen LogP contribution in [0.4, 0.5) is 5.69 Å². The summed E-state index contributed by atoms with van der Waals surface area (Å²) in [5.74, 6) is 1.11. The van der Waals surface area contributed by atoms with E-state index in [2.05, 4.69) is 16.2 Å². The van der Waals surface area contributed by atoms with E-state index < -0.39 is 0 Å². The molecule has 0 saturated heterocycles. The van der Waals surface area contributed by atoms with Crippen LogP contribution in [0.3, 0.4) is 0 Å². The molecule has 7 nitrogen and oxygen atoms in total. The van der Waals surface area contributed by atoms with Gasteiger partial charge in [-0.25, -0.2) is 0 Å². The number of carbonyl (C=O) groups is 1. The minimum atomic E-state index is 0.0958. The van der Waals surface area contributed by atoms with Gasteiger partial charge in [-0.3, -0.25) is 9.69 Å². The fraction of sp³-hybridized carbons (Fsp3) is 0.471. The minimum absolute atomic E-state index is 0.0958. The van der Waals surface area contributed by atoms with Crippen LogP contribution in [0, 0.1) is 0 Å². The normalized spacial score (nSPS) is 13.5. The Hall–Kier alpha value is -2.25. The smallest absolute Gasteiger partial charge is 0.241 e. The predicted octanol–water partition coefficient (Wildman–Crippen LogP) is 1.63. The minimum Gasteiger partial charge on any atom is -0.377 e. The second-order valence-electron chi connectivity index (χ2n) is 5.76. The van der Waals surface area contributed by atoms with Crippen LogP contribution in [0.1, 0.15) is 24.2 Å². The van der Waals surface area contributed by atoms with E-state index in [9.17, 15) is 4.79 Å². The van der Waals surface area contributed by atoms with E-state index in [1.165, 1.54) is 5.56 Å². The van der Waals surface area contributed by atoms with Crippen molar-refractivity contribution in [3.63, 3.8) is 0 Å². The van der Waals surface area contributed by atoms with Crippen molar-refractivity contribution in [3.8, 4) is 0 Å². The molecular weight excluding hydrogens is 308 g/mol. The topological polar surface area (TPSA) is 71.7 Å². The summed E-state index contributed by atoms with van der Waals surface area (Å²) in [4.78, 5) is 20.8. The number of para-hydroxylation sites is 1. The van der Waals surface area contributed by atoms with Gasteiger partial charge in [-0.1, -0.05) is 30.3 Å². The van der Waals surface area contributed by atoms with Crippen molar-refractivity contribution in [2.24, 2.45) is 0 Å². The number of ether oxygens (including phenoxy) is 1. The first-order valence-corrected chi connectivity index (χ1v) is 8.12. The van der Waals surface area contributed by atoms with E-state index >= 15 is 0 Å². The molecule has 2 aromatic rings. The summed E-state index contributed by atoms with van der Waals surface area (Å²) in [6.45, 7) is 4.58. The molecule has 1 aliphatic heterocycles. The summed E-state index contributed by atoms with van der Waals surface area (Å²) >= 11 is 0. The zero-order chi connectivity index (χ0) is 16.9. The standard InChI is InChI=1S/C17H22N4O3/c1-3-20(10-16-18-15(12-23-2)19-24-16)11-17(22)21-9-8-13-6-4-5-7-14(13)21/h4-7H,3,8-12H2,1-2H3. The van der Waals surface area contributed by atoms with Gasteiger partial charge >= 0.3 is 0 Å². The van der Waals surface area contributed by atoms with Crippen molar-refractivity contribution in [1.29, 1.82) is 0 Å². The van der Waals surface area contributed by atoms with E-state index in [0.29, 0.717) is 31.4 Å². The molecule has 3 rings (SSSR count). The summed E-state index contributed by atoms with van der Waals surface area (Å²) in [5.41, 5.74) is 2.26. The molecule has 0 radical (unpaired) electrons. The van der Waals surface area contributed by atoms with Gasteiger partial charge in [0, 0.05) is 19.3 Å². The Balaban J connectivity index is 1.61. The lowest BCUT2D eigenvalue weighted by atomic mass is 10.2. The van der Waals surface area contributed by atoms with Gasteiger partial charge in [0.2, 0.25) is 11.8 Å². The molecule has 0 saturated carbocycles. The maximum absolute atomic E-state index is 12.7. The molecule has 0 aliphatic carbocycles. The highest BCUT2D eigenvalue weighted by atomic mass is 16.5. The van der Waals surface area contributed by atoms with Crippen LogP contribution in [-0.4, -0.2) is 47.7 Å². The van der Waals surface area contributed by atoms with Crippen LogP contribution < -0.4 is 4.90 Å². The molecule has 1 aliphatic rings. The van der Waals surface area contributed by atoms with Crippen LogP contribution in [0.15, 0.2) is 28.8 Å². The van der Waals surface area contributed by atoms with E-state index in [4.69, 9.17) is 9.26 Å². The van der Waals surface area contributed by atoms with Crippen molar-refractivity contribution >= 4 is 11.6 Å². The number of aromatic nitrogens is 2. The van der Waals surface area contributed by atoms with E-state index in [-0.39, 0.29) is 5.91 Å². The number of fused-ring (bicyclic) bond motifs is 1. The summed E-state index contributed by atoms with van der Waals surface area (Å²) in [7, 11) is 1.58. The Kier molecular flexibility index (Phi) is 5.22. The van der Waals surface area contributed by atoms with Gasteiger partial charge in [-0.2, -0.15) is 4.98 Å². The molecule has 0 atom stereocenters. The molecule has 128 valence electrons. The number of anilines is 1. The van der Waals surface area contributed by atoms with Crippen molar-refractivity contribution in [1.82, 2.24) is 15.0 Å². The fourth-order valence-corrected chi connectivity index (χ4v) is 2.89. The largest absolute Gasteiger partial charge is 0.377 e. The van der Waals surface area contributed by atoms with Crippen molar-refractivity contribution in [3.05, 3.63) is 41.5 Å². The van der Waals surface area contributed by atoms with Gasteiger partial charge in [0.25, 0.3) is 0 Å². The lowest BCUT2D eigenvalue weighted by molar-refractivity contribution is -0.119. The highest BCUT2D eigenvalue weighted by Gasteiger charge is 2.25. The number of hydrogen-bond acceptors (Lipinski definition) is 6. The first-order valence-electron chi connectivity index (χ1n) is 8.12. The van der Waals surface area contributed by atoms with Gasteiger partial charge in [0.1, 0.15) is 6.61 Å². The zero-order valence-electron chi connectivity index (χ0n) is 14.1. The average Bonchev–Trinajstić information content (AvgIpc) is 3.21. The van der Waals surface area contributed by atoms with Gasteiger partial charge < -0.3 is 14.2 Å². The highest BCUT2D eigenvalue weighted by Crippen LogP contribution is 2.27. The van der Waals surface area contributed by atoms with Crippen LogP contribution in [0.5, 0.6) is 0 Å². The number of rotatable bonds is 7. The van der Waals surface area contributed by atoms with E-state index in [1.54, 1.807) is 7.11 Å². The molecular formula is C17H22N4O3. The molecule has 1 aromatic carbocycles. The number of methoxy groups -OCH3 is 1. The third kappa shape index (κ3) is 3.63. The Morgan fingerprint density at radius 3 is 3.04 bits per heavy atom. The second-order valence-corrected chi connectivity index (χ2v) is 5.76. The van der Waals surface area contributed by atoms with Gasteiger partial charge in [0.15, 0.2) is 5.82 Å². The van der Waals surface area contributed by atoms with Crippen LogP contribution >= 0.6 is 0 Å². The number of benzene rings is 1. The molecule has 1 amide bonds. The monoisotopic (exact) mass is 330 g/mol. The van der Waals surface area contributed by atoms with Gasteiger partial charge in [-0.05, 0) is 24.6 Å². The average molecular weight is 330 g/mol. The molecule has 1 aromatic heterocycles. The lowest BCUT2D eigenvalue weighted by Gasteiger charge is -2.23. The molecule has 24 heavy (non-hydrogen) atoms. The third-order valence-corrected chi connectivity index (χ3v) is 4.14.